The molecule has 4 nitrogen and oxygen atoms in total. The molecule has 108 valence electrons. The molecule has 1 heterocycles. The zero-order valence-corrected chi connectivity index (χ0v) is 12.4. The Labute approximate surface area is 124 Å². The van der Waals surface area contributed by atoms with Crippen LogP contribution in [0.3, 0.4) is 0 Å². The number of nitrogen functional groups attached to an aromatic ring is 1. The lowest BCUT2D eigenvalue weighted by atomic mass is 10.2. The van der Waals surface area contributed by atoms with Gasteiger partial charge in [-0.3, -0.25) is 0 Å². The Balaban J connectivity index is 2.30. The molecule has 0 spiro atoms. The molecule has 0 fully saturated rings. The number of nitrogens with zero attached hydrogens (tertiary/aromatic N) is 2. The second kappa shape index (κ2) is 6.77. The Hall–Kier alpha value is -1.52. The molecule has 0 saturated heterocycles. The molecule has 0 aliphatic carbocycles. The molecule has 0 amide bonds. The lowest BCUT2D eigenvalue weighted by Gasteiger charge is -2.11. The zero-order chi connectivity index (χ0) is 14.5. The lowest BCUT2D eigenvalue weighted by molar-refractivity contribution is 0.271. The normalized spacial score (nSPS) is 10.9. The van der Waals surface area contributed by atoms with Crippen molar-refractivity contribution in [2.45, 2.75) is 39.3 Å². The largest absolute Gasteiger partial charge is 0.399 e. The van der Waals surface area contributed by atoms with E-state index in [0.717, 1.165) is 36.3 Å². The van der Waals surface area contributed by atoms with Crippen molar-refractivity contribution in [3.05, 3.63) is 46.5 Å². The summed E-state index contributed by atoms with van der Waals surface area (Å²) in [6.45, 7) is 2.68. The highest BCUT2D eigenvalue weighted by Gasteiger charge is 2.14. The first-order valence-corrected chi connectivity index (χ1v) is 7.22. The van der Waals surface area contributed by atoms with Gasteiger partial charge in [-0.2, -0.15) is 0 Å². The van der Waals surface area contributed by atoms with E-state index in [9.17, 15) is 5.11 Å². The molecule has 1 aromatic carbocycles. The first-order valence-electron chi connectivity index (χ1n) is 6.84. The van der Waals surface area contributed by atoms with Gasteiger partial charge in [0.05, 0.1) is 12.3 Å². The van der Waals surface area contributed by atoms with E-state index in [4.69, 9.17) is 17.3 Å². The minimum Gasteiger partial charge on any atom is -0.399 e. The third-order valence-corrected chi connectivity index (χ3v) is 3.63. The maximum Gasteiger partial charge on any atom is 0.152 e. The molecule has 1 aromatic heterocycles. The minimum atomic E-state index is -0.104. The average molecular weight is 294 g/mol. The highest BCUT2D eigenvalue weighted by Crippen LogP contribution is 2.21. The summed E-state index contributed by atoms with van der Waals surface area (Å²) in [5.74, 6) is 0.928. The van der Waals surface area contributed by atoms with E-state index in [-0.39, 0.29) is 6.61 Å². The molecule has 5 heteroatoms. The van der Waals surface area contributed by atoms with Gasteiger partial charge in [-0.1, -0.05) is 37.1 Å². The second-order valence-corrected chi connectivity index (χ2v) is 5.21. The van der Waals surface area contributed by atoms with Crippen LogP contribution < -0.4 is 5.73 Å². The quantitative estimate of drug-likeness (QED) is 0.805. The molecule has 2 aromatic rings. The number of imidazole rings is 1. The number of rotatable bonds is 6. The summed E-state index contributed by atoms with van der Waals surface area (Å²) in [6.07, 6.45) is 3.02. The van der Waals surface area contributed by atoms with Crippen molar-refractivity contribution >= 4 is 17.3 Å². The number of unbranched alkanes of at least 4 members (excludes halogenated alkanes) is 1. The summed E-state index contributed by atoms with van der Waals surface area (Å²) in [6, 6.07) is 7.71. The van der Waals surface area contributed by atoms with E-state index >= 15 is 0 Å². The van der Waals surface area contributed by atoms with Crippen LogP contribution in [-0.2, 0) is 19.6 Å². The van der Waals surface area contributed by atoms with Gasteiger partial charge < -0.3 is 15.4 Å². The number of aryl methyl sites for hydroxylation is 1. The number of aromatic nitrogens is 2. The Bertz CT molecular complexity index is 563. The molecule has 0 radical (unpaired) electrons. The van der Waals surface area contributed by atoms with Gasteiger partial charge >= 0.3 is 0 Å². The Morgan fingerprint density at radius 1 is 1.30 bits per heavy atom. The van der Waals surface area contributed by atoms with E-state index in [1.54, 1.807) is 0 Å². The molecule has 0 unspecified atom stereocenters. The van der Waals surface area contributed by atoms with E-state index in [1.165, 1.54) is 0 Å². The van der Waals surface area contributed by atoms with E-state index in [2.05, 4.69) is 11.9 Å². The number of halogens is 1. The van der Waals surface area contributed by atoms with Crippen LogP contribution in [0.2, 0.25) is 5.15 Å². The van der Waals surface area contributed by atoms with Crippen LogP contribution in [0.5, 0.6) is 0 Å². The molecular weight excluding hydrogens is 274 g/mol. The van der Waals surface area contributed by atoms with Crippen LogP contribution in [0.1, 0.15) is 36.8 Å². The number of nitrogens with two attached hydrogens (primary N) is 1. The third kappa shape index (κ3) is 3.32. The van der Waals surface area contributed by atoms with Crippen LogP contribution in [-0.4, -0.2) is 14.7 Å². The third-order valence-electron chi connectivity index (χ3n) is 3.33. The van der Waals surface area contributed by atoms with Crippen LogP contribution in [0, 0.1) is 0 Å². The maximum absolute atomic E-state index is 9.49. The summed E-state index contributed by atoms with van der Waals surface area (Å²) in [7, 11) is 0. The monoisotopic (exact) mass is 293 g/mol. The summed E-state index contributed by atoms with van der Waals surface area (Å²) >= 11 is 6.11. The van der Waals surface area contributed by atoms with Gasteiger partial charge in [-0.25, -0.2) is 4.98 Å². The maximum atomic E-state index is 9.49. The fourth-order valence-corrected chi connectivity index (χ4v) is 2.43. The first-order chi connectivity index (χ1) is 9.65. The number of hydrogen-bond acceptors (Lipinski definition) is 3. The van der Waals surface area contributed by atoms with Gasteiger partial charge in [0.15, 0.2) is 5.15 Å². The van der Waals surface area contributed by atoms with E-state index < -0.39 is 0 Å². The fourth-order valence-electron chi connectivity index (χ4n) is 2.17. The van der Waals surface area contributed by atoms with Crippen LogP contribution >= 0.6 is 11.6 Å². The van der Waals surface area contributed by atoms with E-state index in [1.807, 2.05) is 28.8 Å². The molecule has 0 aliphatic heterocycles. The number of aliphatic hydroxyl groups excluding tert-OH is 1. The predicted octanol–water partition coefficient (Wildman–Crippen LogP) is 3.00. The van der Waals surface area contributed by atoms with Gasteiger partial charge in [0.25, 0.3) is 0 Å². The molecule has 20 heavy (non-hydrogen) atoms. The standard InChI is InChI=1S/C15H20ClN3O/c1-2-3-4-14-18-15(16)13(10-20)19(14)9-11-5-7-12(17)8-6-11/h5-8,20H,2-4,9-10,17H2,1H3. The lowest BCUT2D eigenvalue weighted by Crippen LogP contribution is -2.09. The molecule has 0 atom stereocenters. The van der Waals surface area contributed by atoms with Crippen molar-refractivity contribution in [1.82, 2.24) is 9.55 Å². The van der Waals surface area contributed by atoms with Gasteiger partial charge in [0.2, 0.25) is 0 Å². The van der Waals surface area contributed by atoms with Gasteiger partial charge in [0.1, 0.15) is 5.82 Å². The first kappa shape index (κ1) is 14.9. The summed E-state index contributed by atoms with van der Waals surface area (Å²) in [4.78, 5) is 4.38. The smallest absolute Gasteiger partial charge is 0.152 e. The average Bonchev–Trinajstić information content (AvgIpc) is 2.74. The number of anilines is 1. The van der Waals surface area contributed by atoms with Crippen LogP contribution in [0.15, 0.2) is 24.3 Å². The van der Waals surface area contributed by atoms with Gasteiger partial charge in [-0.15, -0.1) is 0 Å². The molecule has 0 aliphatic rings. The Morgan fingerprint density at radius 3 is 2.60 bits per heavy atom. The van der Waals surface area contributed by atoms with Crippen LogP contribution in [0.25, 0.3) is 0 Å². The van der Waals surface area contributed by atoms with Gasteiger partial charge in [0, 0.05) is 18.7 Å². The topological polar surface area (TPSA) is 64.1 Å². The van der Waals surface area contributed by atoms with Crippen molar-refractivity contribution in [1.29, 1.82) is 0 Å². The number of benzene rings is 1. The summed E-state index contributed by atoms with van der Waals surface area (Å²) in [5, 5.41) is 9.89. The number of hydrogen-bond donors (Lipinski definition) is 2. The van der Waals surface area contributed by atoms with Crippen molar-refractivity contribution < 1.29 is 5.11 Å². The highest BCUT2D eigenvalue weighted by atomic mass is 35.5. The fraction of sp³-hybridized carbons (Fsp3) is 0.400. The molecule has 0 bridgehead atoms. The Morgan fingerprint density at radius 2 is 2.00 bits per heavy atom. The SMILES string of the molecule is CCCCc1nc(Cl)c(CO)n1Cc1ccc(N)cc1. The van der Waals surface area contributed by atoms with Crippen molar-refractivity contribution in [2.75, 3.05) is 5.73 Å². The molecule has 3 N–H and O–H groups in total. The molecule has 2 rings (SSSR count). The van der Waals surface area contributed by atoms with E-state index in [0.29, 0.717) is 17.4 Å². The van der Waals surface area contributed by atoms with Gasteiger partial charge in [-0.05, 0) is 24.1 Å². The summed E-state index contributed by atoms with van der Waals surface area (Å²) < 4.78 is 2.00. The molecular formula is C15H20ClN3O. The summed E-state index contributed by atoms with van der Waals surface area (Å²) in [5.41, 5.74) is 8.22. The predicted molar refractivity (Wildman–Crippen MR) is 81.7 cm³/mol. The number of aliphatic hydroxyl groups is 1. The van der Waals surface area contributed by atoms with Crippen LogP contribution in [0.4, 0.5) is 5.69 Å². The minimum absolute atomic E-state index is 0.104. The Kier molecular flexibility index (Phi) is 5.04. The highest BCUT2D eigenvalue weighted by molar-refractivity contribution is 6.30. The molecule has 0 saturated carbocycles. The van der Waals surface area contributed by atoms with Crippen molar-refractivity contribution in [2.24, 2.45) is 0 Å². The zero-order valence-electron chi connectivity index (χ0n) is 11.6. The van der Waals surface area contributed by atoms with Crippen molar-refractivity contribution in [3.8, 4) is 0 Å². The second-order valence-electron chi connectivity index (χ2n) is 4.85. The van der Waals surface area contributed by atoms with Crippen molar-refractivity contribution in [3.63, 3.8) is 0 Å².